The molecule has 0 aliphatic heterocycles. The van der Waals surface area contributed by atoms with E-state index in [1.807, 2.05) is 6.92 Å². The van der Waals surface area contributed by atoms with Gasteiger partial charge in [-0.15, -0.1) is 0 Å². The van der Waals surface area contributed by atoms with Gasteiger partial charge in [-0.05, 0) is 47.5 Å². The van der Waals surface area contributed by atoms with Crippen molar-refractivity contribution >= 4 is 12.1 Å². The number of nitrogens with one attached hydrogen (secondary N) is 1. The molecule has 0 unspecified atom stereocenters. The van der Waals surface area contributed by atoms with Crippen LogP contribution in [0.25, 0.3) is 0 Å². The van der Waals surface area contributed by atoms with Gasteiger partial charge in [-0.2, -0.15) is 0 Å². The van der Waals surface area contributed by atoms with Crippen LogP contribution in [0.1, 0.15) is 47.5 Å². The molecule has 0 heterocycles. The van der Waals surface area contributed by atoms with E-state index in [1.54, 1.807) is 27.7 Å². The molecule has 0 aromatic heterocycles. The highest BCUT2D eigenvalue weighted by Gasteiger charge is 2.56. The second-order valence-corrected chi connectivity index (χ2v) is 5.74. The van der Waals surface area contributed by atoms with E-state index in [2.05, 4.69) is 5.32 Å². The fourth-order valence-electron chi connectivity index (χ4n) is 1.85. The van der Waals surface area contributed by atoms with Crippen molar-refractivity contribution in [3.63, 3.8) is 0 Å². The predicted octanol–water partition coefficient (Wildman–Crippen LogP) is 2.24. The van der Waals surface area contributed by atoms with Gasteiger partial charge in [0.05, 0.1) is 12.0 Å². The molecule has 0 aromatic carbocycles. The Morgan fingerprint density at radius 1 is 1.33 bits per heavy atom. The van der Waals surface area contributed by atoms with Crippen LogP contribution in [-0.4, -0.2) is 30.3 Å². The summed E-state index contributed by atoms with van der Waals surface area (Å²) in [5.41, 5.74) is -1.09. The predicted molar refractivity (Wildman–Crippen MR) is 67.1 cm³/mol. The summed E-state index contributed by atoms with van der Waals surface area (Å²) in [6.07, 6.45) is 1.01. The quantitative estimate of drug-likeness (QED) is 0.784. The first-order valence-corrected chi connectivity index (χ1v) is 6.38. The van der Waals surface area contributed by atoms with Crippen molar-refractivity contribution in [1.29, 1.82) is 0 Å². The maximum atomic E-state index is 11.8. The minimum atomic E-state index is -0.549. The maximum Gasteiger partial charge on any atom is 0.407 e. The summed E-state index contributed by atoms with van der Waals surface area (Å²) in [4.78, 5) is 23.5. The molecule has 1 rings (SSSR count). The molecule has 1 saturated carbocycles. The number of hydrogen-bond donors (Lipinski definition) is 1. The maximum absolute atomic E-state index is 11.8. The normalized spacial score (nSPS) is 18.7. The van der Waals surface area contributed by atoms with Gasteiger partial charge in [-0.1, -0.05) is 0 Å². The third-order valence-electron chi connectivity index (χ3n) is 3.03. The van der Waals surface area contributed by atoms with Crippen LogP contribution in [0.4, 0.5) is 4.79 Å². The van der Waals surface area contributed by atoms with Gasteiger partial charge in [0.2, 0.25) is 0 Å². The van der Waals surface area contributed by atoms with Gasteiger partial charge >= 0.3 is 12.1 Å². The van der Waals surface area contributed by atoms with Crippen LogP contribution in [0.3, 0.4) is 0 Å². The molecule has 5 heteroatoms. The number of alkyl carbamates (subject to hydrolysis) is 1. The topological polar surface area (TPSA) is 64.6 Å². The molecule has 104 valence electrons. The molecule has 0 spiro atoms. The number of esters is 1. The fraction of sp³-hybridized carbons (Fsp3) is 0.846. The van der Waals surface area contributed by atoms with Crippen molar-refractivity contribution in [3.8, 4) is 0 Å². The largest absolute Gasteiger partial charge is 0.466 e. The summed E-state index contributed by atoms with van der Waals surface area (Å²) in [7, 11) is 0. The molecule has 1 amide bonds. The van der Waals surface area contributed by atoms with Crippen molar-refractivity contribution in [2.45, 2.75) is 59.1 Å². The van der Waals surface area contributed by atoms with E-state index in [9.17, 15) is 9.59 Å². The highest BCUT2D eigenvalue weighted by Crippen LogP contribution is 2.49. The number of rotatable bonds is 4. The molecular weight excluding hydrogens is 234 g/mol. The summed E-state index contributed by atoms with van der Waals surface area (Å²) >= 11 is 0. The van der Waals surface area contributed by atoms with E-state index in [-0.39, 0.29) is 12.0 Å². The molecular formula is C13H23NO4. The fourth-order valence-corrected chi connectivity index (χ4v) is 1.85. The Hall–Kier alpha value is -1.26. The molecule has 1 aliphatic carbocycles. The molecule has 0 saturated heterocycles. The van der Waals surface area contributed by atoms with Crippen LogP contribution in [0.5, 0.6) is 0 Å². The van der Waals surface area contributed by atoms with Gasteiger partial charge in [0.15, 0.2) is 0 Å². The van der Waals surface area contributed by atoms with E-state index in [1.165, 1.54) is 0 Å². The van der Waals surface area contributed by atoms with E-state index in [4.69, 9.17) is 9.47 Å². The Balaban J connectivity index is 2.53. The molecule has 0 bridgehead atoms. The third-order valence-corrected chi connectivity index (χ3v) is 3.03. The van der Waals surface area contributed by atoms with E-state index in [0.29, 0.717) is 6.61 Å². The van der Waals surface area contributed by atoms with Crippen molar-refractivity contribution in [2.75, 3.05) is 6.61 Å². The number of ether oxygens (including phenoxy) is 2. The molecule has 1 atom stereocenters. The Kier molecular flexibility index (Phi) is 4.24. The molecule has 1 N–H and O–H groups in total. The smallest absolute Gasteiger partial charge is 0.407 e. The molecule has 18 heavy (non-hydrogen) atoms. The molecule has 0 aromatic rings. The number of amides is 1. The summed E-state index contributed by atoms with van der Waals surface area (Å²) in [5.74, 6) is -0.228. The average molecular weight is 257 g/mol. The summed E-state index contributed by atoms with van der Waals surface area (Å²) in [6.45, 7) is 9.36. The van der Waals surface area contributed by atoms with E-state index < -0.39 is 17.1 Å². The SMILES string of the molecule is CCOC(=O)C1([C@H](C)NC(=O)OC(C)(C)C)CC1. The van der Waals surface area contributed by atoms with Crippen LogP contribution in [0.2, 0.25) is 0 Å². The first-order valence-electron chi connectivity index (χ1n) is 6.38. The zero-order valence-corrected chi connectivity index (χ0v) is 11.8. The lowest BCUT2D eigenvalue weighted by Crippen LogP contribution is -2.45. The van der Waals surface area contributed by atoms with Crippen molar-refractivity contribution in [3.05, 3.63) is 0 Å². The van der Waals surface area contributed by atoms with Gasteiger partial charge in [0.1, 0.15) is 5.60 Å². The molecule has 0 radical (unpaired) electrons. The number of hydrogen-bond acceptors (Lipinski definition) is 4. The number of carbonyl (C=O) groups excluding carboxylic acids is 2. The van der Waals surface area contributed by atoms with E-state index >= 15 is 0 Å². The van der Waals surface area contributed by atoms with Crippen LogP contribution in [0, 0.1) is 5.41 Å². The zero-order chi connectivity index (χ0) is 14.0. The van der Waals surface area contributed by atoms with Crippen molar-refractivity contribution in [1.82, 2.24) is 5.32 Å². The lowest BCUT2D eigenvalue weighted by molar-refractivity contribution is -0.150. The lowest BCUT2D eigenvalue weighted by atomic mass is 9.98. The minimum absolute atomic E-state index is 0.228. The molecule has 1 aliphatic rings. The van der Waals surface area contributed by atoms with Gasteiger partial charge in [0.25, 0.3) is 0 Å². The molecule has 5 nitrogen and oxygen atoms in total. The first-order chi connectivity index (χ1) is 8.21. The summed E-state index contributed by atoms with van der Waals surface area (Å²) in [5, 5.41) is 2.72. The lowest BCUT2D eigenvalue weighted by Gasteiger charge is -2.25. The standard InChI is InChI=1S/C13H23NO4/c1-6-17-10(15)13(7-8-13)9(2)14-11(16)18-12(3,4)5/h9H,6-8H2,1-5H3,(H,14,16)/t9-/m0/s1. The third kappa shape index (κ3) is 3.62. The Bertz CT molecular complexity index is 328. The molecule has 1 fully saturated rings. The zero-order valence-electron chi connectivity index (χ0n) is 11.8. The Morgan fingerprint density at radius 3 is 2.28 bits per heavy atom. The monoisotopic (exact) mass is 257 g/mol. The van der Waals surface area contributed by atoms with Gasteiger partial charge in [-0.25, -0.2) is 4.79 Å². The summed E-state index contributed by atoms with van der Waals surface area (Å²) in [6, 6.07) is -0.272. The van der Waals surface area contributed by atoms with Crippen LogP contribution >= 0.6 is 0 Å². The van der Waals surface area contributed by atoms with Crippen molar-refractivity contribution < 1.29 is 19.1 Å². The second kappa shape index (κ2) is 5.16. The van der Waals surface area contributed by atoms with Gasteiger partial charge < -0.3 is 14.8 Å². The first kappa shape index (κ1) is 14.8. The Morgan fingerprint density at radius 2 is 1.89 bits per heavy atom. The summed E-state index contributed by atoms with van der Waals surface area (Å²) < 4.78 is 10.2. The van der Waals surface area contributed by atoms with Crippen LogP contribution in [0.15, 0.2) is 0 Å². The van der Waals surface area contributed by atoms with Gasteiger partial charge in [-0.3, -0.25) is 4.79 Å². The highest BCUT2D eigenvalue weighted by molar-refractivity contribution is 5.82. The van der Waals surface area contributed by atoms with Crippen molar-refractivity contribution in [2.24, 2.45) is 5.41 Å². The average Bonchev–Trinajstić information content (AvgIpc) is 2.94. The highest BCUT2D eigenvalue weighted by atomic mass is 16.6. The van der Waals surface area contributed by atoms with Gasteiger partial charge in [0, 0.05) is 6.04 Å². The minimum Gasteiger partial charge on any atom is -0.466 e. The second-order valence-electron chi connectivity index (χ2n) is 5.74. The van der Waals surface area contributed by atoms with Crippen LogP contribution in [-0.2, 0) is 14.3 Å². The van der Waals surface area contributed by atoms with E-state index in [0.717, 1.165) is 12.8 Å². The van der Waals surface area contributed by atoms with Crippen LogP contribution < -0.4 is 5.32 Å². The number of carbonyl (C=O) groups is 2. The Labute approximate surface area is 108 Å².